The zero-order valence-corrected chi connectivity index (χ0v) is 11.0. The predicted molar refractivity (Wildman–Crippen MR) is 68.8 cm³/mol. The molecular formula is C11H10BrClS. The Bertz CT molecular complexity index is 462. The van der Waals surface area contributed by atoms with Crippen LogP contribution in [0.5, 0.6) is 0 Å². The number of rotatable bonds is 2. The fraction of sp³-hybridized carbons (Fsp3) is 0.273. The van der Waals surface area contributed by atoms with Gasteiger partial charge in [0.05, 0.1) is 0 Å². The first-order valence-electron chi connectivity index (χ1n) is 4.51. The topological polar surface area (TPSA) is 0 Å². The Balaban J connectivity index is 2.64. The number of fused-ring (bicyclic) bond motifs is 1. The number of alkyl halides is 1. The normalized spacial score (nSPS) is 11.1. The largest absolute Gasteiger partial charge is 0.140 e. The van der Waals surface area contributed by atoms with Crippen LogP contribution in [-0.4, -0.2) is 0 Å². The second kappa shape index (κ2) is 4.21. The molecule has 0 saturated heterocycles. The lowest BCUT2D eigenvalue weighted by Gasteiger charge is -1.99. The molecule has 0 fully saturated rings. The van der Waals surface area contributed by atoms with Gasteiger partial charge in [-0.1, -0.05) is 34.5 Å². The zero-order chi connectivity index (χ0) is 10.1. The van der Waals surface area contributed by atoms with Crippen LogP contribution in [0.4, 0.5) is 0 Å². The van der Waals surface area contributed by atoms with E-state index < -0.39 is 0 Å². The van der Waals surface area contributed by atoms with Gasteiger partial charge in [0.15, 0.2) is 0 Å². The molecule has 3 heteroatoms. The average molecular weight is 290 g/mol. The van der Waals surface area contributed by atoms with Gasteiger partial charge in [0.25, 0.3) is 0 Å². The molecule has 0 aliphatic heterocycles. The first-order valence-corrected chi connectivity index (χ1v) is 6.83. The van der Waals surface area contributed by atoms with Crippen LogP contribution in [0, 0.1) is 0 Å². The summed E-state index contributed by atoms with van der Waals surface area (Å²) in [5.41, 5.74) is 1.17. The van der Waals surface area contributed by atoms with E-state index in [1.807, 2.05) is 11.3 Å². The van der Waals surface area contributed by atoms with E-state index in [1.54, 1.807) is 0 Å². The van der Waals surface area contributed by atoms with Gasteiger partial charge in [-0.05, 0) is 35.6 Å². The van der Waals surface area contributed by atoms with Crippen molar-refractivity contribution in [3.63, 3.8) is 0 Å². The number of halogens is 2. The van der Waals surface area contributed by atoms with E-state index >= 15 is 0 Å². The Hall–Kier alpha value is -0.0500. The Morgan fingerprint density at radius 2 is 2.14 bits per heavy atom. The highest BCUT2D eigenvalue weighted by Gasteiger charge is 2.05. The van der Waals surface area contributed by atoms with Crippen LogP contribution in [0.15, 0.2) is 18.2 Å². The lowest BCUT2D eigenvalue weighted by atomic mass is 10.2. The molecular weight excluding hydrogens is 280 g/mol. The van der Waals surface area contributed by atoms with E-state index in [1.165, 1.54) is 20.5 Å². The van der Waals surface area contributed by atoms with Crippen molar-refractivity contribution in [2.75, 3.05) is 0 Å². The molecule has 1 heterocycles. The van der Waals surface area contributed by atoms with Crippen molar-refractivity contribution < 1.29 is 0 Å². The molecule has 0 amide bonds. The molecule has 0 atom stereocenters. The highest BCUT2D eigenvalue weighted by molar-refractivity contribution is 9.08. The maximum absolute atomic E-state index is 6.13. The summed E-state index contributed by atoms with van der Waals surface area (Å²) in [7, 11) is 0. The minimum absolute atomic E-state index is 0.819. The summed E-state index contributed by atoms with van der Waals surface area (Å²) < 4.78 is 1.29. The van der Waals surface area contributed by atoms with Crippen LogP contribution < -0.4 is 0 Å². The van der Waals surface area contributed by atoms with E-state index in [2.05, 4.69) is 41.1 Å². The molecule has 0 bridgehead atoms. The number of hydrogen-bond acceptors (Lipinski definition) is 1. The van der Waals surface area contributed by atoms with Crippen molar-refractivity contribution in [2.45, 2.75) is 18.7 Å². The molecule has 1 aromatic carbocycles. The minimum atomic E-state index is 0.819. The van der Waals surface area contributed by atoms with Crippen LogP contribution >= 0.6 is 38.9 Å². The van der Waals surface area contributed by atoms with Gasteiger partial charge in [-0.2, -0.15) is 0 Å². The van der Waals surface area contributed by atoms with Crippen molar-refractivity contribution in [1.29, 1.82) is 0 Å². The van der Waals surface area contributed by atoms with Crippen LogP contribution in [0.2, 0.25) is 5.02 Å². The molecule has 14 heavy (non-hydrogen) atoms. The number of aryl methyl sites for hydroxylation is 1. The molecule has 0 N–H and O–H groups in total. The first kappa shape index (κ1) is 10.5. The van der Waals surface area contributed by atoms with Crippen LogP contribution in [-0.2, 0) is 11.8 Å². The Labute approximate surface area is 101 Å². The summed E-state index contributed by atoms with van der Waals surface area (Å²) in [6.45, 7) is 2.18. The van der Waals surface area contributed by atoms with Crippen molar-refractivity contribution >= 4 is 49.0 Å². The predicted octanol–water partition coefficient (Wildman–Crippen LogP) is 5.01. The van der Waals surface area contributed by atoms with Gasteiger partial charge in [0.1, 0.15) is 0 Å². The second-order valence-corrected chi connectivity index (χ2v) is 5.32. The zero-order valence-electron chi connectivity index (χ0n) is 7.81. The monoisotopic (exact) mass is 288 g/mol. The van der Waals surface area contributed by atoms with E-state index in [0.717, 1.165) is 16.8 Å². The summed E-state index contributed by atoms with van der Waals surface area (Å²) in [6.07, 6.45) is 1.10. The van der Waals surface area contributed by atoms with Crippen molar-refractivity contribution in [3.05, 3.63) is 33.7 Å². The molecule has 0 nitrogen and oxygen atoms in total. The summed E-state index contributed by atoms with van der Waals surface area (Å²) in [6, 6.07) is 6.49. The number of hydrogen-bond donors (Lipinski definition) is 0. The lowest BCUT2D eigenvalue weighted by molar-refractivity contribution is 1.19. The molecule has 0 spiro atoms. The third-order valence-corrected chi connectivity index (χ3v) is 4.43. The number of thiophene rings is 1. The van der Waals surface area contributed by atoms with E-state index in [0.29, 0.717) is 0 Å². The first-order chi connectivity index (χ1) is 6.74. The molecule has 0 aliphatic carbocycles. The van der Waals surface area contributed by atoms with Crippen LogP contribution in [0.25, 0.3) is 10.1 Å². The van der Waals surface area contributed by atoms with Gasteiger partial charge in [-0.25, -0.2) is 0 Å². The summed E-state index contributed by atoms with van der Waals surface area (Å²) in [4.78, 5) is 1.42. The van der Waals surface area contributed by atoms with Gasteiger partial charge < -0.3 is 0 Å². The smallest absolute Gasteiger partial charge is 0.0460 e. The highest BCUT2D eigenvalue weighted by atomic mass is 79.9. The summed E-state index contributed by atoms with van der Waals surface area (Å²) in [5, 5.41) is 2.99. The van der Waals surface area contributed by atoms with Crippen LogP contribution in [0.3, 0.4) is 0 Å². The molecule has 2 rings (SSSR count). The van der Waals surface area contributed by atoms with Gasteiger partial charge in [-0.15, -0.1) is 11.3 Å². The standard InChI is InChI=1S/C11H10BrClS/c1-2-9-4-7-3-8(6-12)10(13)5-11(7)14-9/h3-5H,2,6H2,1H3. The maximum atomic E-state index is 6.13. The average Bonchev–Trinajstić information content (AvgIpc) is 2.58. The van der Waals surface area contributed by atoms with E-state index in [-0.39, 0.29) is 0 Å². The fourth-order valence-electron chi connectivity index (χ4n) is 1.44. The minimum Gasteiger partial charge on any atom is -0.140 e. The third-order valence-electron chi connectivity index (χ3n) is 2.23. The molecule has 0 radical (unpaired) electrons. The lowest BCUT2D eigenvalue weighted by Crippen LogP contribution is -1.78. The second-order valence-electron chi connectivity index (χ2n) is 3.18. The Kier molecular flexibility index (Phi) is 3.15. The maximum Gasteiger partial charge on any atom is 0.0460 e. The molecule has 0 aliphatic rings. The molecule has 74 valence electrons. The summed E-state index contributed by atoms with van der Waals surface area (Å²) >= 11 is 11.4. The SMILES string of the molecule is CCc1cc2cc(CBr)c(Cl)cc2s1. The van der Waals surface area contributed by atoms with Gasteiger partial charge in [0.2, 0.25) is 0 Å². The van der Waals surface area contributed by atoms with Gasteiger partial charge in [0, 0.05) is 19.9 Å². The van der Waals surface area contributed by atoms with Crippen LogP contribution in [0.1, 0.15) is 17.4 Å². The number of benzene rings is 1. The van der Waals surface area contributed by atoms with Crippen molar-refractivity contribution in [3.8, 4) is 0 Å². The summed E-state index contributed by atoms with van der Waals surface area (Å²) in [5.74, 6) is 0. The Morgan fingerprint density at radius 3 is 2.79 bits per heavy atom. The van der Waals surface area contributed by atoms with E-state index in [9.17, 15) is 0 Å². The molecule has 1 aromatic heterocycles. The highest BCUT2D eigenvalue weighted by Crippen LogP contribution is 2.31. The van der Waals surface area contributed by atoms with Crippen molar-refractivity contribution in [1.82, 2.24) is 0 Å². The Morgan fingerprint density at radius 1 is 1.36 bits per heavy atom. The molecule has 0 unspecified atom stereocenters. The quantitative estimate of drug-likeness (QED) is 0.682. The fourth-order valence-corrected chi connectivity index (χ4v) is 3.39. The van der Waals surface area contributed by atoms with Crippen molar-refractivity contribution in [2.24, 2.45) is 0 Å². The third kappa shape index (κ3) is 1.83. The van der Waals surface area contributed by atoms with Gasteiger partial charge in [-0.3, -0.25) is 0 Å². The van der Waals surface area contributed by atoms with E-state index in [4.69, 9.17) is 11.6 Å². The molecule has 2 aromatic rings. The van der Waals surface area contributed by atoms with Gasteiger partial charge >= 0.3 is 0 Å². The molecule has 0 saturated carbocycles.